The summed E-state index contributed by atoms with van der Waals surface area (Å²) in [7, 11) is 0. The first kappa shape index (κ1) is 38.4. The van der Waals surface area contributed by atoms with E-state index in [0.29, 0.717) is 5.92 Å². The molecule has 0 saturated carbocycles. The summed E-state index contributed by atoms with van der Waals surface area (Å²) < 4.78 is 0. The van der Waals surface area contributed by atoms with Crippen molar-refractivity contribution in [3.63, 3.8) is 0 Å². The first-order chi connectivity index (χ1) is 20.4. The van der Waals surface area contributed by atoms with Crippen molar-refractivity contribution in [2.24, 2.45) is 0 Å². The van der Waals surface area contributed by atoms with Gasteiger partial charge in [-0.1, -0.05) is 114 Å². The average Bonchev–Trinajstić information content (AvgIpc) is 3.60. The van der Waals surface area contributed by atoms with Crippen LogP contribution in [0, 0.1) is 42.5 Å². The van der Waals surface area contributed by atoms with Gasteiger partial charge in [-0.05, 0) is 53.0 Å². The Hall–Kier alpha value is -2.80. The van der Waals surface area contributed by atoms with Crippen molar-refractivity contribution in [2.75, 3.05) is 0 Å². The Bertz CT molecular complexity index is 1820. The zero-order valence-electron chi connectivity index (χ0n) is 29.3. The molecule has 2 radical (unpaired) electrons. The summed E-state index contributed by atoms with van der Waals surface area (Å²) in [5, 5.41) is 5.49. The molecule has 0 amide bonds. The van der Waals surface area contributed by atoms with Crippen LogP contribution in [0.15, 0.2) is 97.1 Å². The normalized spacial score (nSPS) is 10.8. The third-order valence-electron chi connectivity index (χ3n) is 8.50. The summed E-state index contributed by atoms with van der Waals surface area (Å²) in [6.07, 6.45) is 0. The van der Waals surface area contributed by atoms with Crippen molar-refractivity contribution in [1.29, 1.82) is 0 Å². The topological polar surface area (TPSA) is 0 Å². The molecule has 0 spiro atoms. The molecule has 0 nitrogen and oxygen atoms in total. The van der Waals surface area contributed by atoms with Gasteiger partial charge in [0, 0.05) is 0 Å². The second kappa shape index (κ2) is 16.2. The van der Waals surface area contributed by atoms with Gasteiger partial charge in [-0.25, -0.2) is 0 Å². The van der Waals surface area contributed by atoms with Crippen LogP contribution in [0.2, 0.25) is 0 Å². The summed E-state index contributed by atoms with van der Waals surface area (Å²) >= 11 is 1.36. The Morgan fingerprint density at radius 3 is 1.82 bits per heavy atom. The first-order valence-corrected chi connectivity index (χ1v) is 19.4. The fourth-order valence-electron chi connectivity index (χ4n) is 6.04. The van der Waals surface area contributed by atoms with Gasteiger partial charge in [0.05, 0.1) is 0 Å². The van der Waals surface area contributed by atoms with Crippen molar-refractivity contribution < 1.29 is 23.3 Å². The molecule has 0 fully saturated rings. The van der Waals surface area contributed by atoms with E-state index in [-0.39, 0.29) is 20.3 Å². The van der Waals surface area contributed by atoms with Crippen LogP contribution in [-0.4, -0.2) is 6.88 Å². The molecule has 0 aliphatic carbocycles. The molecular formula is C43H50SiZr-4. The minimum absolute atomic E-state index is 0. The first-order valence-electron chi connectivity index (χ1n) is 15.2. The zero-order valence-corrected chi connectivity index (χ0v) is 32.8. The summed E-state index contributed by atoms with van der Waals surface area (Å²) in [6, 6.07) is 36.0. The Kier molecular flexibility index (Phi) is 13.8. The van der Waals surface area contributed by atoms with Crippen molar-refractivity contribution in [2.45, 2.75) is 73.6 Å². The molecule has 45 heavy (non-hydrogen) atoms. The quantitative estimate of drug-likeness (QED) is 0.128. The van der Waals surface area contributed by atoms with Gasteiger partial charge in [-0.2, -0.15) is 12.1 Å². The van der Waals surface area contributed by atoms with Gasteiger partial charge < -0.3 is 14.9 Å². The molecule has 0 N–H and O–H groups in total. The van der Waals surface area contributed by atoms with Crippen molar-refractivity contribution >= 4 is 28.4 Å². The minimum atomic E-state index is 0. The molecule has 0 saturated heterocycles. The summed E-state index contributed by atoms with van der Waals surface area (Å²) in [4.78, 5) is 0. The molecule has 0 aliphatic rings. The number of aryl methyl sites for hydroxylation is 4. The summed E-state index contributed by atoms with van der Waals surface area (Å²) in [6.45, 7) is 23.1. The zero-order chi connectivity index (χ0) is 31.5. The molecule has 0 heterocycles. The second-order valence-electron chi connectivity index (χ2n) is 13.1. The molecule has 6 rings (SSSR count). The van der Waals surface area contributed by atoms with Gasteiger partial charge in [0.15, 0.2) is 0 Å². The van der Waals surface area contributed by atoms with Crippen LogP contribution in [-0.2, 0) is 28.8 Å². The van der Waals surface area contributed by atoms with Crippen molar-refractivity contribution in [1.82, 2.24) is 0 Å². The van der Waals surface area contributed by atoms with Gasteiger partial charge >= 0.3 is 30.2 Å². The molecule has 0 bridgehead atoms. The van der Waals surface area contributed by atoms with Crippen LogP contribution in [0.25, 0.3) is 43.8 Å². The van der Waals surface area contributed by atoms with Crippen LogP contribution in [0.5, 0.6) is 0 Å². The van der Waals surface area contributed by atoms with E-state index in [9.17, 15) is 0 Å². The van der Waals surface area contributed by atoms with Gasteiger partial charge in [-0.3, -0.25) is 0 Å². The monoisotopic (exact) mass is 684 g/mol. The van der Waals surface area contributed by atoms with Gasteiger partial charge in [0.25, 0.3) is 0 Å². The standard InChI is InChI=1S/C22H25.C19H19.2CH3.Si.Zr/c1-15(2)18-13-17-7-6-8-20(21(17)14-18)16-9-11-19(12-10-16)22(3,4)5;1-12-10-17-13(2)8-9-16(18(17)11-12)19-14(3)6-5-7-15(19)4;;;;/h6-15H,1-5H3;5-11H,1-4H3;2*1H3;;/q4*-1;;. The summed E-state index contributed by atoms with van der Waals surface area (Å²) in [5.41, 5.74) is 13.8. The van der Waals surface area contributed by atoms with Crippen molar-refractivity contribution in [3.8, 4) is 22.3 Å². The van der Waals surface area contributed by atoms with Gasteiger partial charge in [0.2, 0.25) is 0 Å². The fraction of sp³-hybridized carbons (Fsp3) is 0.256. The van der Waals surface area contributed by atoms with E-state index in [4.69, 9.17) is 0 Å². The molecule has 0 aliphatic heterocycles. The average molecular weight is 686 g/mol. The van der Waals surface area contributed by atoms with Crippen molar-refractivity contribution in [3.05, 3.63) is 145 Å². The Labute approximate surface area is 291 Å². The molecular weight excluding hydrogens is 636 g/mol. The molecule has 6 aromatic carbocycles. The van der Waals surface area contributed by atoms with Crippen LogP contribution >= 0.6 is 0 Å². The predicted octanol–water partition coefficient (Wildman–Crippen LogP) is 12.6. The predicted molar refractivity (Wildman–Crippen MR) is 200 cm³/mol. The maximum absolute atomic E-state index is 3.06. The van der Waals surface area contributed by atoms with E-state index in [1.807, 2.05) is 0 Å². The van der Waals surface area contributed by atoms with Crippen LogP contribution in [0.3, 0.4) is 0 Å². The molecule has 0 unspecified atom stereocenters. The summed E-state index contributed by atoms with van der Waals surface area (Å²) in [5.74, 6) is 0.573. The van der Waals surface area contributed by atoms with E-state index < -0.39 is 0 Å². The van der Waals surface area contributed by atoms with E-state index in [0.717, 1.165) is 0 Å². The Morgan fingerprint density at radius 1 is 0.644 bits per heavy atom. The van der Waals surface area contributed by atoms with E-state index >= 15 is 0 Å². The van der Waals surface area contributed by atoms with E-state index in [1.54, 1.807) is 0 Å². The number of hydrogen-bond acceptors (Lipinski definition) is 0. The maximum atomic E-state index is 3.06. The third-order valence-corrected chi connectivity index (χ3v) is 8.50. The molecule has 234 valence electrons. The number of fused-ring (bicyclic) bond motifs is 2. The third kappa shape index (κ3) is 8.52. The second-order valence-corrected chi connectivity index (χ2v) is 13.1. The van der Waals surface area contributed by atoms with Crippen LogP contribution in [0.1, 0.15) is 73.9 Å². The van der Waals surface area contributed by atoms with Gasteiger partial charge in [0.1, 0.15) is 0 Å². The fourth-order valence-corrected chi connectivity index (χ4v) is 6.04. The van der Waals surface area contributed by atoms with E-state index in [1.165, 1.54) is 101 Å². The Morgan fingerprint density at radius 2 is 1.24 bits per heavy atom. The number of rotatable bonds is 3. The Balaban J connectivity index is 0.000000287. The SMILES string of the molecule is CC(C)c1cc2c(-c3ccc(C(C)(C)C)cc3)cccc2[cH-]1.Cc1cc2c(-c3c(C)cccc3C)ccc(C)c2[cH-]1.[CH3-].[CH3-].[Si]=[Zr]. The molecule has 2 heteroatoms. The molecule has 0 aromatic heterocycles. The van der Waals surface area contributed by atoms with Crippen LogP contribution < -0.4 is 0 Å². The molecule has 6 aromatic rings. The van der Waals surface area contributed by atoms with Crippen LogP contribution in [0.4, 0.5) is 0 Å². The van der Waals surface area contributed by atoms with Gasteiger partial charge in [-0.15, -0.1) is 68.6 Å². The number of benzene rings is 4. The number of hydrogen-bond donors (Lipinski definition) is 0. The van der Waals surface area contributed by atoms with E-state index in [2.05, 4.69) is 166 Å². The molecule has 0 atom stereocenters.